The SMILES string of the molecule is C=COC(C(C)Nc1ccc(CCCCCC)cc1)C(C)Nc1ccc(CCCCCC)cc1. The van der Waals surface area contributed by atoms with E-state index in [9.17, 15) is 0 Å². The third-order valence-corrected chi connectivity index (χ3v) is 6.57. The fourth-order valence-electron chi connectivity index (χ4n) is 4.52. The minimum Gasteiger partial charge on any atom is -0.494 e. The number of anilines is 2. The van der Waals surface area contributed by atoms with Gasteiger partial charge in [0.2, 0.25) is 0 Å². The second-order valence-electron chi connectivity index (χ2n) is 9.65. The van der Waals surface area contributed by atoms with Gasteiger partial charge in [0.1, 0.15) is 6.10 Å². The number of unbranched alkanes of at least 4 members (excludes halogenated alkanes) is 6. The van der Waals surface area contributed by atoms with Gasteiger partial charge in [-0.15, -0.1) is 0 Å². The molecule has 0 aliphatic carbocycles. The smallest absolute Gasteiger partial charge is 0.137 e. The summed E-state index contributed by atoms with van der Waals surface area (Å²) in [5.74, 6) is 0. The van der Waals surface area contributed by atoms with Gasteiger partial charge in [-0.05, 0) is 74.9 Å². The number of rotatable bonds is 18. The van der Waals surface area contributed by atoms with E-state index in [1.54, 1.807) is 6.26 Å². The fraction of sp³-hybridized carbons (Fsp3) is 0.548. The molecule has 2 rings (SSSR count). The zero-order valence-electron chi connectivity index (χ0n) is 22.1. The lowest BCUT2D eigenvalue weighted by Gasteiger charge is -2.31. The molecule has 3 heteroatoms. The van der Waals surface area contributed by atoms with E-state index in [0.717, 1.165) is 24.2 Å². The first-order valence-electron chi connectivity index (χ1n) is 13.5. The summed E-state index contributed by atoms with van der Waals surface area (Å²) >= 11 is 0. The zero-order valence-corrected chi connectivity index (χ0v) is 22.1. The topological polar surface area (TPSA) is 33.3 Å². The van der Waals surface area contributed by atoms with Gasteiger partial charge >= 0.3 is 0 Å². The number of benzene rings is 2. The molecule has 2 atom stereocenters. The molecule has 0 radical (unpaired) electrons. The normalized spacial score (nSPS) is 13.6. The number of nitrogens with one attached hydrogen (secondary N) is 2. The molecular formula is C31H48N2O. The minimum absolute atomic E-state index is 0.0556. The largest absolute Gasteiger partial charge is 0.494 e. The van der Waals surface area contributed by atoms with Crippen LogP contribution in [0.15, 0.2) is 61.4 Å². The summed E-state index contributed by atoms with van der Waals surface area (Å²) in [5, 5.41) is 7.25. The van der Waals surface area contributed by atoms with Crippen molar-refractivity contribution in [2.75, 3.05) is 10.6 Å². The van der Waals surface area contributed by atoms with Gasteiger partial charge in [0.15, 0.2) is 0 Å². The minimum atomic E-state index is -0.0556. The Kier molecular flexibility index (Phi) is 13.3. The van der Waals surface area contributed by atoms with Gasteiger partial charge in [-0.2, -0.15) is 0 Å². The van der Waals surface area contributed by atoms with E-state index in [1.807, 2.05) is 0 Å². The Balaban J connectivity index is 1.88. The van der Waals surface area contributed by atoms with Crippen molar-refractivity contribution in [1.29, 1.82) is 0 Å². The van der Waals surface area contributed by atoms with Gasteiger partial charge in [0, 0.05) is 11.4 Å². The van der Waals surface area contributed by atoms with E-state index in [4.69, 9.17) is 4.74 Å². The summed E-state index contributed by atoms with van der Waals surface area (Å²) in [6.07, 6.45) is 14.2. The molecule has 0 bridgehead atoms. The summed E-state index contributed by atoms with van der Waals surface area (Å²) in [4.78, 5) is 0. The van der Waals surface area contributed by atoms with E-state index >= 15 is 0 Å². The Morgan fingerprint density at radius 1 is 0.676 bits per heavy atom. The van der Waals surface area contributed by atoms with Crippen molar-refractivity contribution >= 4 is 11.4 Å². The predicted molar refractivity (Wildman–Crippen MR) is 150 cm³/mol. The summed E-state index contributed by atoms with van der Waals surface area (Å²) < 4.78 is 5.95. The van der Waals surface area contributed by atoms with Gasteiger partial charge in [0.25, 0.3) is 0 Å². The highest BCUT2D eigenvalue weighted by Gasteiger charge is 2.24. The Labute approximate surface area is 209 Å². The summed E-state index contributed by atoms with van der Waals surface area (Å²) in [7, 11) is 0. The standard InChI is InChI=1S/C31H48N2O/c1-6-9-11-13-15-27-17-21-29(22-18-27)32-25(4)31(34-8-3)26(5)33-30-23-19-28(20-24-30)16-14-12-10-7-2/h8,17-26,31-33H,3,6-7,9-16H2,1-2,4-5H3. The van der Waals surface area contributed by atoms with Gasteiger partial charge in [-0.3, -0.25) is 0 Å². The first-order valence-corrected chi connectivity index (χ1v) is 13.5. The molecule has 0 saturated carbocycles. The molecule has 2 N–H and O–H groups in total. The molecule has 188 valence electrons. The van der Waals surface area contributed by atoms with E-state index in [1.165, 1.54) is 62.5 Å². The van der Waals surface area contributed by atoms with Crippen LogP contribution in [-0.2, 0) is 17.6 Å². The Morgan fingerprint density at radius 3 is 1.44 bits per heavy atom. The van der Waals surface area contributed by atoms with Crippen molar-refractivity contribution in [1.82, 2.24) is 0 Å². The van der Waals surface area contributed by atoms with Crippen LogP contribution in [-0.4, -0.2) is 18.2 Å². The lowest BCUT2D eigenvalue weighted by Crippen LogP contribution is -2.43. The highest BCUT2D eigenvalue weighted by Crippen LogP contribution is 2.19. The zero-order chi connectivity index (χ0) is 24.6. The highest BCUT2D eigenvalue weighted by molar-refractivity contribution is 5.47. The monoisotopic (exact) mass is 464 g/mol. The number of ether oxygens (including phenoxy) is 1. The van der Waals surface area contributed by atoms with Gasteiger partial charge in [-0.1, -0.05) is 83.2 Å². The average Bonchev–Trinajstić information content (AvgIpc) is 2.85. The van der Waals surface area contributed by atoms with Crippen molar-refractivity contribution < 1.29 is 4.74 Å². The van der Waals surface area contributed by atoms with Gasteiger partial charge in [0.05, 0.1) is 18.3 Å². The van der Waals surface area contributed by atoms with Crippen LogP contribution in [0.1, 0.15) is 90.2 Å². The summed E-state index contributed by atoms with van der Waals surface area (Å²) in [6.45, 7) is 12.7. The highest BCUT2D eigenvalue weighted by atomic mass is 16.5. The summed E-state index contributed by atoms with van der Waals surface area (Å²) in [6, 6.07) is 18.0. The molecule has 0 saturated heterocycles. The Hall–Kier alpha value is -2.42. The molecule has 0 spiro atoms. The maximum atomic E-state index is 5.95. The van der Waals surface area contributed by atoms with Crippen LogP contribution in [0.5, 0.6) is 0 Å². The van der Waals surface area contributed by atoms with Crippen LogP contribution in [0.4, 0.5) is 11.4 Å². The molecule has 3 nitrogen and oxygen atoms in total. The molecule has 2 aromatic rings. The quantitative estimate of drug-likeness (QED) is 0.171. The van der Waals surface area contributed by atoms with Crippen LogP contribution in [0.3, 0.4) is 0 Å². The van der Waals surface area contributed by atoms with Gasteiger partial charge < -0.3 is 15.4 Å². The Bertz CT molecular complexity index is 721. The van der Waals surface area contributed by atoms with Crippen molar-refractivity contribution in [2.24, 2.45) is 0 Å². The molecular weight excluding hydrogens is 416 g/mol. The van der Waals surface area contributed by atoms with Gasteiger partial charge in [-0.25, -0.2) is 0 Å². The molecule has 34 heavy (non-hydrogen) atoms. The van der Waals surface area contributed by atoms with Crippen molar-refractivity contribution in [3.8, 4) is 0 Å². The average molecular weight is 465 g/mol. The van der Waals surface area contributed by atoms with Crippen LogP contribution in [0.2, 0.25) is 0 Å². The molecule has 0 aromatic heterocycles. The first-order chi connectivity index (χ1) is 16.6. The third-order valence-electron chi connectivity index (χ3n) is 6.57. The fourth-order valence-corrected chi connectivity index (χ4v) is 4.52. The van der Waals surface area contributed by atoms with E-state index in [2.05, 4.69) is 93.4 Å². The second-order valence-corrected chi connectivity index (χ2v) is 9.65. The van der Waals surface area contributed by atoms with Crippen molar-refractivity contribution in [3.05, 3.63) is 72.5 Å². The molecule has 0 heterocycles. The lowest BCUT2D eigenvalue weighted by atomic mass is 10.0. The van der Waals surface area contributed by atoms with E-state index < -0.39 is 0 Å². The molecule has 2 aromatic carbocycles. The molecule has 0 fully saturated rings. The van der Waals surface area contributed by atoms with Crippen molar-refractivity contribution in [2.45, 2.75) is 110 Å². The van der Waals surface area contributed by atoms with Crippen LogP contribution < -0.4 is 10.6 Å². The molecule has 0 aliphatic rings. The number of hydrogen-bond donors (Lipinski definition) is 2. The predicted octanol–water partition coefficient (Wildman–Crippen LogP) is 8.76. The third kappa shape index (κ3) is 10.2. The maximum absolute atomic E-state index is 5.95. The van der Waals surface area contributed by atoms with E-state index in [0.29, 0.717) is 0 Å². The van der Waals surface area contributed by atoms with E-state index in [-0.39, 0.29) is 18.2 Å². The van der Waals surface area contributed by atoms with Crippen LogP contribution in [0.25, 0.3) is 0 Å². The second kappa shape index (κ2) is 16.2. The molecule has 2 unspecified atom stereocenters. The van der Waals surface area contributed by atoms with Crippen molar-refractivity contribution in [3.63, 3.8) is 0 Å². The number of hydrogen-bond acceptors (Lipinski definition) is 3. The lowest BCUT2D eigenvalue weighted by molar-refractivity contribution is 0.117. The molecule has 0 amide bonds. The van der Waals surface area contributed by atoms with Crippen LogP contribution in [0, 0.1) is 0 Å². The Morgan fingerprint density at radius 2 is 1.09 bits per heavy atom. The maximum Gasteiger partial charge on any atom is 0.137 e. The first kappa shape index (κ1) is 27.8. The van der Waals surface area contributed by atoms with Crippen LogP contribution >= 0.6 is 0 Å². The summed E-state index contributed by atoms with van der Waals surface area (Å²) in [5.41, 5.74) is 5.08. The number of aryl methyl sites for hydroxylation is 2. The molecule has 0 aliphatic heterocycles.